The number of ether oxygens (including phenoxy) is 2. The summed E-state index contributed by atoms with van der Waals surface area (Å²) in [5, 5.41) is 0. The second-order valence-electron chi connectivity index (χ2n) is 5.54. The third-order valence-corrected chi connectivity index (χ3v) is 3.59. The number of esters is 2. The second-order valence-corrected chi connectivity index (χ2v) is 5.54. The van der Waals surface area contributed by atoms with E-state index in [-0.39, 0.29) is 5.82 Å². The fraction of sp³-hybridized carbons (Fsp3) is 0.0476. The first-order chi connectivity index (χ1) is 12.5. The highest BCUT2D eigenvalue weighted by Crippen LogP contribution is 2.22. The van der Waals surface area contributed by atoms with Gasteiger partial charge in [-0.1, -0.05) is 24.3 Å². The normalized spacial score (nSPS) is 10.2. The first kappa shape index (κ1) is 17.4. The molecule has 0 saturated heterocycles. The van der Waals surface area contributed by atoms with E-state index in [0.29, 0.717) is 17.1 Å². The van der Waals surface area contributed by atoms with E-state index in [4.69, 9.17) is 9.47 Å². The third-order valence-electron chi connectivity index (χ3n) is 3.59. The van der Waals surface area contributed by atoms with E-state index in [1.54, 1.807) is 60.7 Å². The van der Waals surface area contributed by atoms with E-state index in [1.165, 1.54) is 19.1 Å². The van der Waals surface area contributed by atoms with Crippen LogP contribution < -0.4 is 9.47 Å². The van der Waals surface area contributed by atoms with Gasteiger partial charge in [-0.25, -0.2) is 9.18 Å². The zero-order chi connectivity index (χ0) is 18.5. The molecule has 0 aromatic heterocycles. The van der Waals surface area contributed by atoms with Gasteiger partial charge in [0.15, 0.2) is 0 Å². The lowest BCUT2D eigenvalue weighted by Crippen LogP contribution is -2.08. The Morgan fingerprint density at radius 2 is 1.15 bits per heavy atom. The molecule has 0 saturated carbocycles. The molecule has 0 amide bonds. The topological polar surface area (TPSA) is 52.6 Å². The Kier molecular flexibility index (Phi) is 5.08. The highest BCUT2D eigenvalue weighted by molar-refractivity contribution is 5.91. The van der Waals surface area contributed by atoms with E-state index < -0.39 is 11.9 Å². The van der Waals surface area contributed by atoms with E-state index in [9.17, 15) is 14.0 Å². The van der Waals surface area contributed by atoms with Crippen molar-refractivity contribution >= 4 is 11.9 Å². The van der Waals surface area contributed by atoms with Crippen molar-refractivity contribution in [3.8, 4) is 22.6 Å². The Labute approximate surface area is 149 Å². The zero-order valence-electron chi connectivity index (χ0n) is 13.9. The lowest BCUT2D eigenvalue weighted by molar-refractivity contribution is -0.131. The van der Waals surface area contributed by atoms with Gasteiger partial charge in [0.25, 0.3) is 0 Å². The van der Waals surface area contributed by atoms with E-state index in [0.717, 1.165) is 11.1 Å². The number of hydrogen-bond acceptors (Lipinski definition) is 4. The first-order valence-corrected chi connectivity index (χ1v) is 7.88. The van der Waals surface area contributed by atoms with Gasteiger partial charge >= 0.3 is 11.9 Å². The predicted octanol–water partition coefficient (Wildman–Crippen LogP) is 4.64. The van der Waals surface area contributed by atoms with E-state index in [1.807, 2.05) is 0 Å². The SMILES string of the molecule is CC(=O)Oc1ccc(OC(=O)c2ccc(-c3ccc(F)cc3)cc2)cc1. The fourth-order valence-electron chi connectivity index (χ4n) is 2.35. The predicted molar refractivity (Wildman–Crippen MR) is 94.5 cm³/mol. The summed E-state index contributed by atoms with van der Waals surface area (Å²) in [6.45, 7) is 1.31. The third kappa shape index (κ3) is 4.33. The van der Waals surface area contributed by atoms with Gasteiger partial charge in [-0.15, -0.1) is 0 Å². The molecule has 3 rings (SSSR count). The zero-order valence-corrected chi connectivity index (χ0v) is 13.9. The van der Waals surface area contributed by atoms with Gasteiger partial charge in [0.2, 0.25) is 0 Å². The second kappa shape index (κ2) is 7.61. The van der Waals surface area contributed by atoms with Gasteiger partial charge in [-0.05, 0) is 59.7 Å². The molecule has 3 aromatic carbocycles. The summed E-state index contributed by atoms with van der Waals surface area (Å²) in [6.07, 6.45) is 0. The lowest BCUT2D eigenvalue weighted by Gasteiger charge is -2.07. The summed E-state index contributed by atoms with van der Waals surface area (Å²) >= 11 is 0. The molecule has 3 aromatic rings. The summed E-state index contributed by atoms with van der Waals surface area (Å²) in [4.78, 5) is 23.1. The number of halogens is 1. The molecular weight excluding hydrogens is 335 g/mol. The Morgan fingerprint density at radius 3 is 1.65 bits per heavy atom. The molecule has 130 valence electrons. The maximum absolute atomic E-state index is 13.0. The first-order valence-electron chi connectivity index (χ1n) is 7.88. The Hall–Kier alpha value is -3.47. The minimum atomic E-state index is -0.504. The van der Waals surface area contributed by atoms with Crippen LogP contribution in [-0.4, -0.2) is 11.9 Å². The molecule has 0 unspecified atom stereocenters. The van der Waals surface area contributed by atoms with Crippen LogP contribution in [0.15, 0.2) is 72.8 Å². The lowest BCUT2D eigenvalue weighted by atomic mass is 10.0. The van der Waals surface area contributed by atoms with Crippen molar-refractivity contribution in [3.63, 3.8) is 0 Å². The van der Waals surface area contributed by atoms with Crippen LogP contribution in [0, 0.1) is 5.82 Å². The Morgan fingerprint density at radius 1 is 0.692 bits per heavy atom. The van der Waals surface area contributed by atoms with Crippen LogP contribution in [0.25, 0.3) is 11.1 Å². The molecule has 0 fully saturated rings. The van der Waals surface area contributed by atoms with Crippen molar-refractivity contribution in [1.29, 1.82) is 0 Å². The molecule has 4 nitrogen and oxygen atoms in total. The molecule has 26 heavy (non-hydrogen) atoms. The monoisotopic (exact) mass is 350 g/mol. The van der Waals surface area contributed by atoms with Crippen LogP contribution >= 0.6 is 0 Å². The average molecular weight is 350 g/mol. The highest BCUT2D eigenvalue weighted by atomic mass is 19.1. The molecule has 0 radical (unpaired) electrons. The minimum Gasteiger partial charge on any atom is -0.427 e. The standard InChI is InChI=1S/C21H15FO4/c1-14(23)25-19-10-12-20(13-11-19)26-21(24)17-4-2-15(3-5-17)16-6-8-18(22)9-7-16/h2-13H,1H3. The molecule has 5 heteroatoms. The van der Waals surface area contributed by atoms with Gasteiger partial charge in [0.1, 0.15) is 17.3 Å². The quantitative estimate of drug-likeness (QED) is 0.508. The summed E-state index contributed by atoms with van der Waals surface area (Å²) < 4.78 is 23.2. The summed E-state index contributed by atoms with van der Waals surface area (Å²) in [5.74, 6) is -0.505. The molecule has 0 N–H and O–H groups in total. The number of rotatable bonds is 4. The number of hydrogen-bond donors (Lipinski definition) is 0. The van der Waals surface area contributed by atoms with Crippen LogP contribution in [0.3, 0.4) is 0 Å². The van der Waals surface area contributed by atoms with Crippen molar-refractivity contribution in [1.82, 2.24) is 0 Å². The number of carbonyl (C=O) groups is 2. The highest BCUT2D eigenvalue weighted by Gasteiger charge is 2.09. The Bertz CT molecular complexity index is 914. The molecule has 0 aliphatic rings. The summed E-state index contributed by atoms with van der Waals surface area (Å²) in [6, 6.07) is 19.1. The summed E-state index contributed by atoms with van der Waals surface area (Å²) in [7, 11) is 0. The molecule has 0 spiro atoms. The largest absolute Gasteiger partial charge is 0.427 e. The molecule has 0 aliphatic carbocycles. The number of benzene rings is 3. The van der Waals surface area contributed by atoms with Gasteiger partial charge in [-0.3, -0.25) is 4.79 Å². The van der Waals surface area contributed by atoms with Crippen molar-refractivity contribution in [2.24, 2.45) is 0 Å². The van der Waals surface area contributed by atoms with Gasteiger partial charge in [0.05, 0.1) is 5.56 Å². The molecule has 0 aliphatic heterocycles. The maximum Gasteiger partial charge on any atom is 0.343 e. The average Bonchev–Trinajstić information content (AvgIpc) is 2.64. The van der Waals surface area contributed by atoms with Crippen LogP contribution in [0.5, 0.6) is 11.5 Å². The minimum absolute atomic E-state index is 0.298. The van der Waals surface area contributed by atoms with Crippen molar-refractivity contribution < 1.29 is 23.5 Å². The number of carbonyl (C=O) groups excluding carboxylic acids is 2. The van der Waals surface area contributed by atoms with Crippen molar-refractivity contribution in [2.75, 3.05) is 0 Å². The van der Waals surface area contributed by atoms with Gasteiger partial charge in [0, 0.05) is 6.92 Å². The Balaban J connectivity index is 1.68. The van der Waals surface area contributed by atoms with Crippen molar-refractivity contribution in [3.05, 3.63) is 84.2 Å². The van der Waals surface area contributed by atoms with E-state index in [2.05, 4.69) is 0 Å². The molecule has 0 atom stereocenters. The fourth-order valence-corrected chi connectivity index (χ4v) is 2.35. The van der Waals surface area contributed by atoms with E-state index >= 15 is 0 Å². The molecule has 0 bridgehead atoms. The van der Waals surface area contributed by atoms with Crippen LogP contribution in [0.1, 0.15) is 17.3 Å². The van der Waals surface area contributed by atoms with Crippen LogP contribution in [0.2, 0.25) is 0 Å². The van der Waals surface area contributed by atoms with Gasteiger partial charge < -0.3 is 9.47 Å². The van der Waals surface area contributed by atoms with Crippen molar-refractivity contribution in [2.45, 2.75) is 6.92 Å². The summed E-state index contributed by atoms with van der Waals surface area (Å²) in [5.41, 5.74) is 2.11. The smallest absolute Gasteiger partial charge is 0.343 e. The van der Waals surface area contributed by atoms with Crippen LogP contribution in [0.4, 0.5) is 4.39 Å². The molecule has 0 heterocycles. The maximum atomic E-state index is 13.0. The van der Waals surface area contributed by atoms with Gasteiger partial charge in [-0.2, -0.15) is 0 Å². The molecular formula is C21H15FO4. The van der Waals surface area contributed by atoms with Crippen LogP contribution in [-0.2, 0) is 4.79 Å².